The SMILES string of the molecule is CCOc1cc(C(=O)NNC(=O)Nc2ccc(Cl)cc2)c(O)c2ccccc12. The highest BCUT2D eigenvalue weighted by atomic mass is 35.5. The minimum Gasteiger partial charge on any atom is -0.506 e. The van der Waals surface area contributed by atoms with Crippen molar-refractivity contribution < 1.29 is 19.4 Å². The van der Waals surface area contributed by atoms with E-state index in [4.69, 9.17) is 16.3 Å². The number of carbonyl (C=O) groups excluding carboxylic acids is 2. The summed E-state index contributed by atoms with van der Waals surface area (Å²) in [5, 5.41) is 14.7. The van der Waals surface area contributed by atoms with E-state index in [9.17, 15) is 14.7 Å². The van der Waals surface area contributed by atoms with Crippen LogP contribution in [0, 0.1) is 0 Å². The number of ether oxygens (including phenoxy) is 1. The second-order valence-electron chi connectivity index (χ2n) is 5.79. The number of aromatic hydroxyl groups is 1. The normalized spacial score (nSPS) is 10.4. The Hall–Kier alpha value is -3.45. The largest absolute Gasteiger partial charge is 0.506 e. The summed E-state index contributed by atoms with van der Waals surface area (Å²) in [7, 11) is 0. The van der Waals surface area contributed by atoms with Gasteiger partial charge in [-0.3, -0.25) is 10.2 Å². The van der Waals surface area contributed by atoms with Crippen molar-refractivity contribution in [1.82, 2.24) is 10.9 Å². The molecule has 0 saturated heterocycles. The summed E-state index contributed by atoms with van der Waals surface area (Å²) in [5.74, 6) is -0.418. The maximum absolute atomic E-state index is 12.5. The summed E-state index contributed by atoms with van der Waals surface area (Å²) in [4.78, 5) is 24.4. The molecule has 0 spiro atoms. The highest BCUT2D eigenvalue weighted by Crippen LogP contribution is 2.35. The number of phenolic OH excluding ortho intramolecular Hbond substituents is 1. The molecule has 0 fully saturated rings. The Morgan fingerprint density at radius 3 is 2.39 bits per heavy atom. The van der Waals surface area contributed by atoms with E-state index in [0.717, 1.165) is 0 Å². The first kappa shape index (κ1) is 19.3. The van der Waals surface area contributed by atoms with Crippen LogP contribution in [0.3, 0.4) is 0 Å². The van der Waals surface area contributed by atoms with Gasteiger partial charge < -0.3 is 15.2 Å². The smallest absolute Gasteiger partial charge is 0.337 e. The third-order valence-electron chi connectivity index (χ3n) is 3.91. The lowest BCUT2D eigenvalue weighted by molar-refractivity contribution is 0.0935. The van der Waals surface area contributed by atoms with E-state index >= 15 is 0 Å². The predicted molar refractivity (Wildman–Crippen MR) is 108 cm³/mol. The van der Waals surface area contributed by atoms with Gasteiger partial charge in [0.05, 0.1) is 12.2 Å². The van der Waals surface area contributed by atoms with Crippen LogP contribution in [-0.2, 0) is 0 Å². The van der Waals surface area contributed by atoms with Crippen molar-refractivity contribution >= 4 is 40.0 Å². The number of carbonyl (C=O) groups is 2. The van der Waals surface area contributed by atoms with Crippen LogP contribution < -0.4 is 20.9 Å². The van der Waals surface area contributed by atoms with Crippen LogP contribution in [0.2, 0.25) is 5.02 Å². The molecular formula is C20H18ClN3O4. The molecule has 0 radical (unpaired) electrons. The van der Waals surface area contributed by atoms with Gasteiger partial charge in [0.1, 0.15) is 11.5 Å². The van der Waals surface area contributed by atoms with E-state index in [-0.39, 0.29) is 11.3 Å². The summed E-state index contributed by atoms with van der Waals surface area (Å²) >= 11 is 5.79. The first-order valence-corrected chi connectivity index (χ1v) is 8.87. The second-order valence-corrected chi connectivity index (χ2v) is 6.23. The summed E-state index contributed by atoms with van der Waals surface area (Å²) in [5.41, 5.74) is 4.98. The fourth-order valence-electron chi connectivity index (χ4n) is 2.65. The fourth-order valence-corrected chi connectivity index (χ4v) is 2.78. The Labute approximate surface area is 166 Å². The standard InChI is InChI=1S/C20H18ClN3O4/c1-2-28-17-11-16(18(25)15-6-4-3-5-14(15)17)19(26)23-24-20(27)22-13-9-7-12(21)8-10-13/h3-11,25H,2H2,1H3,(H,23,26)(H2,22,24,27). The van der Waals surface area contributed by atoms with E-state index in [1.54, 1.807) is 42.5 Å². The van der Waals surface area contributed by atoms with Crippen LogP contribution in [0.5, 0.6) is 11.5 Å². The number of amides is 3. The molecule has 3 aromatic carbocycles. The van der Waals surface area contributed by atoms with E-state index in [1.807, 2.05) is 13.0 Å². The molecule has 28 heavy (non-hydrogen) atoms. The molecule has 0 aliphatic carbocycles. The quantitative estimate of drug-likeness (QED) is 0.497. The van der Waals surface area contributed by atoms with Gasteiger partial charge in [-0.2, -0.15) is 0 Å². The molecule has 3 rings (SSSR count). The molecule has 0 bridgehead atoms. The van der Waals surface area contributed by atoms with Gasteiger partial charge in [0, 0.05) is 21.5 Å². The van der Waals surface area contributed by atoms with Crippen LogP contribution >= 0.6 is 11.6 Å². The van der Waals surface area contributed by atoms with Gasteiger partial charge in [0.25, 0.3) is 5.91 Å². The highest BCUT2D eigenvalue weighted by Gasteiger charge is 2.18. The number of anilines is 1. The summed E-state index contributed by atoms with van der Waals surface area (Å²) in [6, 6.07) is 14.3. The average Bonchev–Trinajstić information content (AvgIpc) is 2.70. The van der Waals surface area contributed by atoms with Gasteiger partial charge in [-0.05, 0) is 37.3 Å². The van der Waals surface area contributed by atoms with E-state index in [1.165, 1.54) is 6.07 Å². The minimum absolute atomic E-state index is 0.0195. The molecular weight excluding hydrogens is 382 g/mol. The molecule has 0 aliphatic heterocycles. The first-order chi connectivity index (χ1) is 13.5. The van der Waals surface area contributed by atoms with E-state index < -0.39 is 11.9 Å². The van der Waals surface area contributed by atoms with Gasteiger partial charge in [-0.15, -0.1) is 0 Å². The van der Waals surface area contributed by atoms with Crippen molar-refractivity contribution in [2.24, 2.45) is 0 Å². The maximum Gasteiger partial charge on any atom is 0.337 e. The lowest BCUT2D eigenvalue weighted by Gasteiger charge is -2.14. The molecule has 144 valence electrons. The molecule has 3 aromatic rings. The van der Waals surface area contributed by atoms with Crippen molar-refractivity contribution in [3.63, 3.8) is 0 Å². The number of halogens is 1. The number of phenols is 1. The molecule has 3 amide bonds. The van der Waals surface area contributed by atoms with E-state index in [0.29, 0.717) is 33.8 Å². The number of nitrogens with one attached hydrogen (secondary N) is 3. The van der Waals surface area contributed by atoms with Crippen LogP contribution in [-0.4, -0.2) is 23.7 Å². The van der Waals surface area contributed by atoms with Crippen LogP contribution in [0.4, 0.5) is 10.5 Å². The maximum atomic E-state index is 12.5. The summed E-state index contributed by atoms with van der Waals surface area (Å²) < 4.78 is 5.58. The number of hydrazine groups is 1. The van der Waals surface area contributed by atoms with Crippen molar-refractivity contribution in [1.29, 1.82) is 0 Å². The zero-order valence-corrected chi connectivity index (χ0v) is 15.7. The molecule has 7 nitrogen and oxygen atoms in total. The van der Waals surface area contributed by atoms with Gasteiger partial charge >= 0.3 is 6.03 Å². The Balaban J connectivity index is 1.75. The lowest BCUT2D eigenvalue weighted by Crippen LogP contribution is -2.43. The van der Waals surface area contributed by atoms with Crippen molar-refractivity contribution in [2.45, 2.75) is 6.92 Å². The highest BCUT2D eigenvalue weighted by molar-refractivity contribution is 6.30. The number of fused-ring (bicyclic) bond motifs is 1. The first-order valence-electron chi connectivity index (χ1n) is 8.50. The summed E-state index contributed by atoms with van der Waals surface area (Å²) in [6.45, 7) is 2.22. The van der Waals surface area contributed by atoms with Crippen molar-refractivity contribution in [3.8, 4) is 11.5 Å². The lowest BCUT2D eigenvalue weighted by atomic mass is 10.0. The Morgan fingerprint density at radius 1 is 1.04 bits per heavy atom. The summed E-state index contributed by atoms with van der Waals surface area (Å²) in [6.07, 6.45) is 0. The molecule has 0 atom stereocenters. The van der Waals surface area contributed by atoms with Crippen LogP contribution in [0.1, 0.15) is 17.3 Å². The fraction of sp³-hybridized carbons (Fsp3) is 0.100. The molecule has 0 unspecified atom stereocenters. The molecule has 0 saturated carbocycles. The van der Waals surface area contributed by atoms with Crippen molar-refractivity contribution in [2.75, 3.05) is 11.9 Å². The average molecular weight is 400 g/mol. The van der Waals surface area contributed by atoms with Crippen molar-refractivity contribution in [3.05, 3.63) is 65.2 Å². The minimum atomic E-state index is -0.685. The zero-order chi connectivity index (χ0) is 20.1. The van der Waals surface area contributed by atoms with Gasteiger partial charge in [0.2, 0.25) is 0 Å². The number of benzene rings is 3. The third kappa shape index (κ3) is 4.27. The third-order valence-corrected chi connectivity index (χ3v) is 4.17. The zero-order valence-electron chi connectivity index (χ0n) is 15.0. The molecule has 4 N–H and O–H groups in total. The topological polar surface area (TPSA) is 99.7 Å². The van der Waals surface area contributed by atoms with E-state index in [2.05, 4.69) is 16.2 Å². The Morgan fingerprint density at radius 2 is 1.71 bits per heavy atom. The van der Waals surface area contributed by atoms with Gasteiger partial charge in [0.15, 0.2) is 0 Å². The van der Waals surface area contributed by atoms with Gasteiger partial charge in [-0.25, -0.2) is 10.2 Å². The second kappa shape index (κ2) is 8.49. The molecule has 8 heteroatoms. The predicted octanol–water partition coefficient (Wildman–Crippen LogP) is 4.06. The molecule has 0 aromatic heterocycles. The molecule has 0 aliphatic rings. The van der Waals surface area contributed by atoms with Crippen LogP contribution in [0.25, 0.3) is 10.8 Å². The van der Waals surface area contributed by atoms with Gasteiger partial charge in [-0.1, -0.05) is 35.9 Å². The Kier molecular flexibility index (Phi) is 5.86. The number of hydrogen-bond acceptors (Lipinski definition) is 4. The monoisotopic (exact) mass is 399 g/mol. The number of urea groups is 1. The molecule has 0 heterocycles. The number of hydrogen-bond donors (Lipinski definition) is 4. The van der Waals surface area contributed by atoms with Crippen LogP contribution in [0.15, 0.2) is 54.6 Å². The Bertz CT molecular complexity index is 1020. The number of rotatable bonds is 4.